The maximum absolute atomic E-state index is 3.91. The summed E-state index contributed by atoms with van der Waals surface area (Å²) in [4.78, 5) is 2.83. The van der Waals surface area contributed by atoms with Gasteiger partial charge in [0.15, 0.2) is 0 Å². The summed E-state index contributed by atoms with van der Waals surface area (Å²) >= 11 is 0. The van der Waals surface area contributed by atoms with Gasteiger partial charge < -0.3 is 5.32 Å². The van der Waals surface area contributed by atoms with Gasteiger partial charge in [0.05, 0.1) is 0 Å². The zero-order valence-corrected chi connectivity index (χ0v) is 15.3. The lowest BCUT2D eigenvalue weighted by Crippen LogP contribution is -2.64. The molecule has 1 aliphatic carbocycles. The van der Waals surface area contributed by atoms with Crippen LogP contribution in [0.3, 0.4) is 0 Å². The van der Waals surface area contributed by atoms with Crippen LogP contribution < -0.4 is 5.32 Å². The Bertz CT molecular complexity index is 310. The first kappa shape index (κ1) is 17.3. The second kappa shape index (κ2) is 7.00. The van der Waals surface area contributed by atoms with Crippen molar-refractivity contribution >= 4 is 0 Å². The summed E-state index contributed by atoms with van der Waals surface area (Å²) in [6, 6.07) is 2.07. The Kier molecular flexibility index (Phi) is 5.76. The van der Waals surface area contributed by atoms with Crippen LogP contribution in [0.1, 0.15) is 73.6 Å². The Morgan fingerprint density at radius 3 is 2.14 bits per heavy atom. The number of nitrogens with zero attached hydrogens (tertiary/aromatic N) is 1. The summed E-state index contributed by atoms with van der Waals surface area (Å²) in [7, 11) is 0. The lowest BCUT2D eigenvalue weighted by molar-refractivity contribution is 0.00338. The molecule has 3 unspecified atom stereocenters. The average molecular weight is 295 g/mol. The quantitative estimate of drug-likeness (QED) is 0.835. The highest BCUT2D eigenvalue weighted by Gasteiger charge is 2.39. The summed E-state index contributed by atoms with van der Waals surface area (Å²) in [6.07, 6.45) is 7.25. The number of rotatable bonds is 3. The van der Waals surface area contributed by atoms with Gasteiger partial charge in [-0.25, -0.2) is 0 Å². The molecule has 0 aromatic rings. The summed E-state index contributed by atoms with van der Waals surface area (Å²) in [5.74, 6) is 1.65. The van der Waals surface area contributed by atoms with Gasteiger partial charge in [-0.15, -0.1) is 0 Å². The highest BCUT2D eigenvalue weighted by molar-refractivity contribution is 4.95. The van der Waals surface area contributed by atoms with Gasteiger partial charge in [0.1, 0.15) is 0 Å². The van der Waals surface area contributed by atoms with E-state index in [9.17, 15) is 0 Å². The molecule has 124 valence electrons. The van der Waals surface area contributed by atoms with Gasteiger partial charge in [0, 0.05) is 31.2 Å². The van der Waals surface area contributed by atoms with Gasteiger partial charge >= 0.3 is 0 Å². The molecule has 0 bridgehead atoms. The van der Waals surface area contributed by atoms with Crippen LogP contribution in [-0.4, -0.2) is 36.1 Å². The molecule has 2 fully saturated rings. The van der Waals surface area contributed by atoms with Crippen LogP contribution in [0.4, 0.5) is 0 Å². The van der Waals surface area contributed by atoms with Crippen molar-refractivity contribution in [3.63, 3.8) is 0 Å². The Labute approximate surface area is 133 Å². The van der Waals surface area contributed by atoms with Crippen LogP contribution in [0, 0.1) is 17.3 Å². The molecule has 1 saturated heterocycles. The van der Waals surface area contributed by atoms with Gasteiger partial charge in [-0.05, 0) is 37.0 Å². The van der Waals surface area contributed by atoms with Gasteiger partial charge in [0.2, 0.25) is 0 Å². The van der Waals surface area contributed by atoms with Crippen molar-refractivity contribution in [2.24, 2.45) is 17.3 Å². The van der Waals surface area contributed by atoms with Gasteiger partial charge in [-0.2, -0.15) is 0 Å². The molecule has 1 saturated carbocycles. The molecule has 0 radical (unpaired) electrons. The Balaban J connectivity index is 2.07. The largest absolute Gasteiger partial charge is 0.311 e. The average Bonchev–Trinajstić information content (AvgIpc) is 2.45. The topological polar surface area (TPSA) is 15.3 Å². The van der Waals surface area contributed by atoms with E-state index in [1.807, 2.05) is 0 Å². The van der Waals surface area contributed by atoms with Crippen molar-refractivity contribution < 1.29 is 0 Å². The predicted octanol–water partition coefficient (Wildman–Crippen LogP) is 4.30. The minimum atomic E-state index is 0.363. The van der Waals surface area contributed by atoms with E-state index >= 15 is 0 Å². The molecular formula is C19H38N2. The normalized spacial score (nSPS) is 31.6. The monoisotopic (exact) mass is 294 g/mol. The second-order valence-electron chi connectivity index (χ2n) is 8.96. The van der Waals surface area contributed by atoms with Crippen molar-refractivity contribution in [3.05, 3.63) is 0 Å². The number of piperazine rings is 1. The molecule has 1 heterocycles. The molecule has 21 heavy (non-hydrogen) atoms. The SMILES string of the molecule is CC(C)C1CNC(C2CCCCC2)CN1C(C)C(C)(C)C. The van der Waals surface area contributed by atoms with E-state index in [1.165, 1.54) is 45.2 Å². The molecule has 2 rings (SSSR count). The first-order chi connectivity index (χ1) is 9.80. The van der Waals surface area contributed by atoms with E-state index in [0.29, 0.717) is 17.5 Å². The van der Waals surface area contributed by atoms with E-state index in [-0.39, 0.29) is 0 Å². The molecule has 2 nitrogen and oxygen atoms in total. The molecular weight excluding hydrogens is 256 g/mol. The fourth-order valence-corrected chi connectivity index (χ4v) is 4.23. The smallest absolute Gasteiger partial charge is 0.0247 e. The van der Waals surface area contributed by atoms with Gasteiger partial charge in [-0.3, -0.25) is 4.90 Å². The van der Waals surface area contributed by atoms with E-state index in [4.69, 9.17) is 0 Å². The molecule has 2 aliphatic rings. The van der Waals surface area contributed by atoms with E-state index in [1.54, 1.807) is 0 Å². The van der Waals surface area contributed by atoms with Crippen molar-refractivity contribution in [2.75, 3.05) is 13.1 Å². The second-order valence-corrected chi connectivity index (χ2v) is 8.96. The fourth-order valence-electron chi connectivity index (χ4n) is 4.23. The predicted molar refractivity (Wildman–Crippen MR) is 92.6 cm³/mol. The lowest BCUT2D eigenvalue weighted by Gasteiger charge is -2.51. The number of hydrogen-bond donors (Lipinski definition) is 1. The summed E-state index contributed by atoms with van der Waals surface area (Å²) in [6.45, 7) is 16.8. The summed E-state index contributed by atoms with van der Waals surface area (Å²) < 4.78 is 0. The van der Waals surface area contributed by atoms with Crippen LogP contribution in [0.5, 0.6) is 0 Å². The minimum Gasteiger partial charge on any atom is -0.311 e. The van der Waals surface area contributed by atoms with Crippen LogP contribution in [0.15, 0.2) is 0 Å². The highest BCUT2D eigenvalue weighted by Crippen LogP contribution is 2.33. The Morgan fingerprint density at radius 1 is 1.00 bits per heavy atom. The molecule has 1 N–H and O–H groups in total. The fraction of sp³-hybridized carbons (Fsp3) is 1.00. The standard InChI is InChI=1S/C19H38N2/c1-14(2)18-12-20-17(16-10-8-7-9-11-16)13-21(18)15(3)19(4,5)6/h14-18,20H,7-13H2,1-6H3. The van der Waals surface area contributed by atoms with Crippen molar-refractivity contribution in [1.82, 2.24) is 10.2 Å². The lowest BCUT2D eigenvalue weighted by atomic mass is 9.79. The van der Waals surface area contributed by atoms with Crippen LogP contribution in [0.25, 0.3) is 0 Å². The van der Waals surface area contributed by atoms with Crippen molar-refractivity contribution in [3.8, 4) is 0 Å². The molecule has 0 amide bonds. The maximum atomic E-state index is 3.91. The molecule has 1 aliphatic heterocycles. The van der Waals surface area contributed by atoms with E-state index in [2.05, 4.69) is 51.8 Å². The van der Waals surface area contributed by atoms with E-state index in [0.717, 1.165) is 17.9 Å². The highest BCUT2D eigenvalue weighted by atomic mass is 15.3. The summed E-state index contributed by atoms with van der Waals surface area (Å²) in [5.41, 5.74) is 0.363. The first-order valence-corrected chi connectivity index (χ1v) is 9.30. The van der Waals surface area contributed by atoms with Crippen LogP contribution >= 0.6 is 0 Å². The Hall–Kier alpha value is -0.0800. The molecule has 2 heteroatoms. The van der Waals surface area contributed by atoms with Gasteiger partial charge in [0.25, 0.3) is 0 Å². The third kappa shape index (κ3) is 4.22. The molecule has 3 atom stereocenters. The molecule has 0 spiro atoms. The minimum absolute atomic E-state index is 0.363. The third-order valence-corrected chi connectivity index (χ3v) is 6.16. The maximum Gasteiger partial charge on any atom is 0.0247 e. The Morgan fingerprint density at radius 2 is 1.62 bits per heavy atom. The zero-order chi connectivity index (χ0) is 15.6. The molecule has 0 aromatic carbocycles. The van der Waals surface area contributed by atoms with Crippen LogP contribution in [-0.2, 0) is 0 Å². The number of nitrogens with one attached hydrogen (secondary N) is 1. The number of hydrogen-bond acceptors (Lipinski definition) is 2. The van der Waals surface area contributed by atoms with Gasteiger partial charge in [-0.1, -0.05) is 53.9 Å². The third-order valence-electron chi connectivity index (χ3n) is 6.16. The first-order valence-electron chi connectivity index (χ1n) is 9.30. The molecule has 0 aromatic heterocycles. The van der Waals surface area contributed by atoms with E-state index < -0.39 is 0 Å². The van der Waals surface area contributed by atoms with Crippen molar-refractivity contribution in [1.29, 1.82) is 0 Å². The van der Waals surface area contributed by atoms with Crippen LogP contribution in [0.2, 0.25) is 0 Å². The van der Waals surface area contributed by atoms with Crippen molar-refractivity contribution in [2.45, 2.75) is 91.8 Å². The summed E-state index contributed by atoms with van der Waals surface area (Å²) in [5, 5.41) is 3.91. The zero-order valence-electron chi connectivity index (χ0n) is 15.3.